The Labute approximate surface area is 304 Å². The standard InChI is InChI=1S/C42H73NO4Si2/c1-31(18-16-25-41(8,9)45-30-44-11)35-22-23-36-33(19-17-26-42(35,36)10)21-20-32-28-37(46-48(12,13)39(2,3)4)34(24-27-43)38(29-32)47-49(14,15)40(5,6)7/h16,18,20-21,24,31,35-38H,17,19,22-23,25-26,28-30H2,1-15H3/t31-,35?,36?,37-,38-,42?/m1/s1. The van der Waals surface area contributed by atoms with Crippen LogP contribution in [0.4, 0.5) is 0 Å². The average molecular weight is 712 g/mol. The Bertz CT molecular complexity index is 1250. The van der Waals surface area contributed by atoms with Crippen LogP contribution in [0.2, 0.25) is 36.3 Å². The molecule has 3 aliphatic rings. The lowest BCUT2D eigenvalue weighted by molar-refractivity contribution is -0.112. The Hall–Kier alpha value is -1.28. The van der Waals surface area contributed by atoms with Gasteiger partial charge < -0.3 is 18.3 Å². The molecule has 3 saturated carbocycles. The number of nitrogens with zero attached hydrogens (tertiary/aromatic N) is 1. The monoisotopic (exact) mass is 712 g/mol. The second-order valence-electron chi connectivity index (χ2n) is 19.4. The molecule has 0 saturated heterocycles. The summed E-state index contributed by atoms with van der Waals surface area (Å²) >= 11 is 0. The molecule has 0 aromatic rings. The van der Waals surface area contributed by atoms with Gasteiger partial charge in [-0.25, -0.2) is 0 Å². The normalized spacial score (nSPS) is 28.9. The van der Waals surface area contributed by atoms with Gasteiger partial charge in [-0.15, -0.1) is 0 Å². The van der Waals surface area contributed by atoms with Crippen LogP contribution >= 0.6 is 0 Å². The van der Waals surface area contributed by atoms with Gasteiger partial charge in [-0.3, -0.25) is 0 Å². The summed E-state index contributed by atoms with van der Waals surface area (Å²) in [4.78, 5) is 0. The van der Waals surface area contributed by atoms with E-state index in [-0.39, 0.29) is 27.9 Å². The van der Waals surface area contributed by atoms with Crippen molar-refractivity contribution in [1.82, 2.24) is 0 Å². The minimum Gasteiger partial charge on any atom is -0.410 e. The summed E-state index contributed by atoms with van der Waals surface area (Å²) in [6.45, 7) is 32.7. The zero-order chi connectivity index (χ0) is 37.1. The topological polar surface area (TPSA) is 60.7 Å². The first kappa shape index (κ1) is 42.1. The van der Waals surface area contributed by atoms with Gasteiger partial charge in [0.2, 0.25) is 0 Å². The molecule has 3 fully saturated rings. The highest BCUT2D eigenvalue weighted by molar-refractivity contribution is 6.74. The van der Waals surface area contributed by atoms with Crippen molar-refractivity contribution in [3.63, 3.8) is 0 Å². The van der Waals surface area contributed by atoms with Crippen LogP contribution in [0, 0.1) is 34.5 Å². The van der Waals surface area contributed by atoms with Gasteiger partial charge in [0.25, 0.3) is 0 Å². The van der Waals surface area contributed by atoms with Gasteiger partial charge in [-0.2, -0.15) is 5.26 Å². The van der Waals surface area contributed by atoms with E-state index in [9.17, 15) is 5.26 Å². The molecule has 0 spiro atoms. The highest BCUT2D eigenvalue weighted by Crippen LogP contribution is 2.59. The Morgan fingerprint density at radius 3 is 2.00 bits per heavy atom. The molecule has 0 radical (unpaired) electrons. The van der Waals surface area contributed by atoms with Crippen LogP contribution in [0.1, 0.15) is 121 Å². The minimum absolute atomic E-state index is 0.0791. The quantitative estimate of drug-likeness (QED) is 0.0873. The largest absolute Gasteiger partial charge is 0.410 e. The van der Waals surface area contributed by atoms with Gasteiger partial charge >= 0.3 is 0 Å². The van der Waals surface area contributed by atoms with Gasteiger partial charge in [0, 0.05) is 13.2 Å². The van der Waals surface area contributed by atoms with Crippen LogP contribution in [0.25, 0.3) is 0 Å². The maximum Gasteiger partial charge on any atom is 0.192 e. The Morgan fingerprint density at radius 1 is 0.918 bits per heavy atom. The van der Waals surface area contributed by atoms with Crippen LogP contribution in [-0.2, 0) is 18.3 Å². The minimum atomic E-state index is -2.10. The van der Waals surface area contributed by atoms with Gasteiger partial charge in [-0.1, -0.05) is 90.8 Å². The third-order valence-electron chi connectivity index (χ3n) is 13.2. The van der Waals surface area contributed by atoms with Crippen molar-refractivity contribution < 1.29 is 18.3 Å². The first-order valence-electron chi connectivity index (χ1n) is 19.1. The molecule has 278 valence electrons. The maximum atomic E-state index is 9.94. The van der Waals surface area contributed by atoms with E-state index in [1.165, 1.54) is 37.7 Å². The van der Waals surface area contributed by atoms with E-state index in [1.54, 1.807) is 18.8 Å². The third-order valence-corrected chi connectivity index (χ3v) is 22.2. The number of allylic oxidation sites excluding steroid dienone is 5. The van der Waals surface area contributed by atoms with Crippen LogP contribution < -0.4 is 0 Å². The number of methoxy groups -OCH3 is 1. The molecule has 6 atom stereocenters. The summed E-state index contributed by atoms with van der Waals surface area (Å²) in [6.07, 6.45) is 20.1. The fraction of sp³-hybridized carbons (Fsp3) is 0.786. The van der Waals surface area contributed by atoms with Crippen molar-refractivity contribution >= 4 is 16.6 Å². The molecular formula is C42H73NO4Si2. The van der Waals surface area contributed by atoms with E-state index in [4.69, 9.17) is 18.3 Å². The van der Waals surface area contributed by atoms with Crippen molar-refractivity contribution in [2.45, 2.75) is 175 Å². The van der Waals surface area contributed by atoms with Crippen LogP contribution in [-0.4, -0.2) is 48.3 Å². The number of fused-ring (bicyclic) bond motifs is 1. The Morgan fingerprint density at radius 2 is 1.49 bits per heavy atom. The molecule has 0 aromatic heterocycles. The predicted octanol–water partition coefficient (Wildman–Crippen LogP) is 12.1. The van der Waals surface area contributed by atoms with Gasteiger partial charge in [0.15, 0.2) is 16.6 Å². The van der Waals surface area contributed by atoms with E-state index in [1.807, 2.05) is 0 Å². The smallest absolute Gasteiger partial charge is 0.192 e. The molecule has 3 unspecified atom stereocenters. The lowest BCUT2D eigenvalue weighted by atomic mass is 9.61. The van der Waals surface area contributed by atoms with Gasteiger partial charge in [-0.05, 0) is 130 Å². The second kappa shape index (κ2) is 16.2. The molecule has 5 nitrogen and oxygen atoms in total. The highest BCUT2D eigenvalue weighted by atomic mass is 28.4. The van der Waals surface area contributed by atoms with Crippen LogP contribution in [0.5, 0.6) is 0 Å². The SMILES string of the molecule is COCOC(C)(C)CC=C[C@@H](C)C1CCC2C(=CC=C3C[C@@H](O[Si](C)(C)C(C)(C)C)C(=CC#N)[C@H](O[Si](C)(C)C(C)(C)C)C3)CCCC21C. The molecule has 7 heteroatoms. The average Bonchev–Trinajstić information content (AvgIpc) is 3.32. The lowest BCUT2D eigenvalue weighted by Crippen LogP contribution is -2.50. The van der Waals surface area contributed by atoms with E-state index in [2.05, 4.69) is 126 Å². The highest BCUT2D eigenvalue weighted by Gasteiger charge is 2.50. The van der Waals surface area contributed by atoms with E-state index >= 15 is 0 Å². The van der Waals surface area contributed by atoms with Crippen LogP contribution in [0.3, 0.4) is 0 Å². The lowest BCUT2D eigenvalue weighted by Gasteiger charge is -2.46. The molecule has 0 aliphatic heterocycles. The van der Waals surface area contributed by atoms with E-state index in [0.717, 1.165) is 24.8 Å². The van der Waals surface area contributed by atoms with Crippen molar-refractivity contribution in [3.8, 4) is 6.07 Å². The summed E-state index contributed by atoms with van der Waals surface area (Å²) in [5.74, 6) is 1.86. The summed E-state index contributed by atoms with van der Waals surface area (Å²) in [5.41, 5.74) is 4.17. The first-order chi connectivity index (χ1) is 22.5. The molecular weight excluding hydrogens is 639 g/mol. The Kier molecular flexibility index (Phi) is 13.9. The summed E-state index contributed by atoms with van der Waals surface area (Å²) in [7, 11) is -2.52. The number of hydrogen-bond donors (Lipinski definition) is 0. The van der Waals surface area contributed by atoms with E-state index in [0.29, 0.717) is 30.0 Å². The zero-order valence-electron chi connectivity index (χ0n) is 34.2. The van der Waals surface area contributed by atoms with E-state index < -0.39 is 16.6 Å². The molecule has 3 aliphatic carbocycles. The van der Waals surface area contributed by atoms with Gasteiger partial charge in [0.05, 0.1) is 23.9 Å². The molecule has 0 amide bonds. The number of ether oxygens (including phenoxy) is 2. The molecule has 0 heterocycles. The summed E-state index contributed by atoms with van der Waals surface area (Å²) in [5, 5.41) is 10.1. The molecule has 49 heavy (non-hydrogen) atoms. The molecule has 0 N–H and O–H groups in total. The van der Waals surface area contributed by atoms with Crippen molar-refractivity contribution in [2.24, 2.45) is 23.2 Å². The molecule has 3 rings (SSSR count). The summed E-state index contributed by atoms with van der Waals surface area (Å²) in [6, 6.07) is 2.38. The van der Waals surface area contributed by atoms with Gasteiger partial charge in [0.1, 0.15) is 6.79 Å². The van der Waals surface area contributed by atoms with Crippen molar-refractivity contribution in [3.05, 3.63) is 47.1 Å². The van der Waals surface area contributed by atoms with Crippen molar-refractivity contribution in [1.29, 1.82) is 5.26 Å². The van der Waals surface area contributed by atoms with Crippen LogP contribution in [0.15, 0.2) is 47.1 Å². The molecule has 0 bridgehead atoms. The summed E-state index contributed by atoms with van der Waals surface area (Å²) < 4.78 is 25.3. The maximum absolute atomic E-state index is 9.94. The number of nitriles is 1. The predicted molar refractivity (Wildman–Crippen MR) is 211 cm³/mol. The fourth-order valence-corrected chi connectivity index (χ4v) is 10.6. The number of rotatable bonds is 12. The van der Waals surface area contributed by atoms with Crippen molar-refractivity contribution in [2.75, 3.05) is 13.9 Å². The third kappa shape index (κ3) is 10.4. The Balaban J connectivity index is 1.90. The first-order valence-corrected chi connectivity index (χ1v) is 24.9. The fourth-order valence-electron chi connectivity index (χ4n) is 8.03. The number of hydrogen-bond acceptors (Lipinski definition) is 5. The molecule has 0 aromatic carbocycles. The zero-order valence-corrected chi connectivity index (χ0v) is 36.2. The second-order valence-corrected chi connectivity index (χ2v) is 28.9.